The molecule has 3 rings (SSSR count). The summed E-state index contributed by atoms with van der Waals surface area (Å²) in [5, 5.41) is 16.0. The number of aliphatic hydroxyl groups excluding tert-OH is 1. The fraction of sp³-hybridized carbons (Fsp3) is 0.200. The zero-order valence-corrected chi connectivity index (χ0v) is 15.4. The second kappa shape index (κ2) is 8.70. The van der Waals surface area contributed by atoms with Crippen LogP contribution in [0, 0.1) is 0 Å². The maximum Gasteiger partial charge on any atom is 0.284 e. The van der Waals surface area contributed by atoms with Gasteiger partial charge in [-0.25, -0.2) is 8.78 Å². The van der Waals surface area contributed by atoms with Crippen molar-refractivity contribution in [3.8, 4) is 16.9 Å². The molecule has 150 valence electrons. The minimum Gasteiger partial charge on any atom is -0.394 e. The summed E-state index contributed by atoms with van der Waals surface area (Å²) in [4.78, 5) is 29.4. The lowest BCUT2D eigenvalue weighted by Gasteiger charge is -2.13. The molecule has 1 atom stereocenters. The van der Waals surface area contributed by atoms with Crippen LogP contribution in [0.5, 0.6) is 0 Å². The van der Waals surface area contributed by atoms with Crippen LogP contribution in [-0.4, -0.2) is 38.4 Å². The summed E-state index contributed by atoms with van der Waals surface area (Å²) in [6.07, 6.45) is 0.330. The van der Waals surface area contributed by atoms with Gasteiger partial charge < -0.3 is 10.4 Å². The second-order valence-corrected chi connectivity index (χ2v) is 6.35. The normalized spacial score (nSPS) is 12.0. The van der Waals surface area contributed by atoms with Crippen molar-refractivity contribution in [3.05, 3.63) is 76.3 Å². The fourth-order valence-electron chi connectivity index (χ4n) is 2.60. The van der Waals surface area contributed by atoms with Crippen molar-refractivity contribution in [2.24, 2.45) is 0 Å². The first-order chi connectivity index (χ1) is 13.9. The molecular weight excluding hydrogens is 382 g/mol. The van der Waals surface area contributed by atoms with Gasteiger partial charge >= 0.3 is 0 Å². The van der Waals surface area contributed by atoms with E-state index >= 15 is 0 Å². The lowest BCUT2D eigenvalue weighted by atomic mass is 10.1. The molecule has 29 heavy (non-hydrogen) atoms. The molecule has 2 heterocycles. The van der Waals surface area contributed by atoms with E-state index in [-0.39, 0.29) is 23.4 Å². The predicted molar refractivity (Wildman–Crippen MR) is 102 cm³/mol. The number of benzene rings is 1. The molecule has 1 aromatic carbocycles. The van der Waals surface area contributed by atoms with Crippen LogP contribution in [0.25, 0.3) is 16.9 Å². The number of carbonyl (C=O) groups excluding carboxylic acids is 1. The summed E-state index contributed by atoms with van der Waals surface area (Å²) in [5.74, 6) is -0.679. The van der Waals surface area contributed by atoms with Crippen molar-refractivity contribution in [3.63, 3.8) is 0 Å². The lowest BCUT2D eigenvalue weighted by molar-refractivity contribution is 0.0920. The van der Waals surface area contributed by atoms with Gasteiger partial charge in [-0.05, 0) is 25.1 Å². The van der Waals surface area contributed by atoms with Gasteiger partial charge in [0.15, 0.2) is 0 Å². The third-order valence-electron chi connectivity index (χ3n) is 4.16. The van der Waals surface area contributed by atoms with E-state index in [1.54, 1.807) is 19.1 Å². The van der Waals surface area contributed by atoms with Crippen molar-refractivity contribution >= 4 is 5.91 Å². The summed E-state index contributed by atoms with van der Waals surface area (Å²) in [6.45, 7) is 1.29. The molecule has 0 bridgehead atoms. The van der Waals surface area contributed by atoms with E-state index in [4.69, 9.17) is 5.11 Å². The molecule has 3 aromatic rings. The highest BCUT2D eigenvalue weighted by Gasteiger charge is 2.19. The average molecular weight is 400 g/mol. The molecule has 0 saturated carbocycles. The molecule has 0 fully saturated rings. The van der Waals surface area contributed by atoms with E-state index in [1.165, 1.54) is 42.7 Å². The minimum atomic E-state index is -2.61. The Labute approximate surface area is 164 Å². The molecule has 2 aromatic heterocycles. The summed E-state index contributed by atoms with van der Waals surface area (Å²) in [6, 6.07) is 9.36. The van der Waals surface area contributed by atoms with E-state index in [2.05, 4.69) is 15.4 Å². The number of amides is 1. The van der Waals surface area contributed by atoms with Gasteiger partial charge in [0.05, 0.1) is 24.2 Å². The van der Waals surface area contributed by atoms with Gasteiger partial charge in [-0.1, -0.05) is 24.3 Å². The summed E-state index contributed by atoms with van der Waals surface area (Å²) < 4.78 is 26.7. The molecule has 7 nitrogen and oxygen atoms in total. The number of rotatable bonds is 6. The fourth-order valence-corrected chi connectivity index (χ4v) is 2.60. The number of hydrogen-bond acceptors (Lipinski definition) is 5. The van der Waals surface area contributed by atoms with Crippen LogP contribution in [0.1, 0.15) is 29.3 Å². The monoisotopic (exact) mass is 400 g/mol. The summed E-state index contributed by atoms with van der Waals surface area (Å²) in [5.41, 5.74) is 0.0231. The number of carbonyl (C=O) groups is 1. The van der Waals surface area contributed by atoms with E-state index in [1.807, 2.05) is 0 Å². The first-order valence-electron chi connectivity index (χ1n) is 8.75. The van der Waals surface area contributed by atoms with E-state index in [9.17, 15) is 18.4 Å². The maximum absolute atomic E-state index is 12.9. The second-order valence-electron chi connectivity index (χ2n) is 6.35. The van der Waals surface area contributed by atoms with Gasteiger partial charge in [0.2, 0.25) is 0 Å². The van der Waals surface area contributed by atoms with Gasteiger partial charge in [-0.3, -0.25) is 14.6 Å². The zero-order valence-electron chi connectivity index (χ0n) is 15.4. The number of nitrogens with one attached hydrogen (secondary N) is 1. The molecule has 9 heteroatoms. The Hall–Kier alpha value is -3.46. The van der Waals surface area contributed by atoms with Gasteiger partial charge in [-0.2, -0.15) is 9.78 Å². The number of nitrogens with zero attached hydrogens (tertiary/aromatic N) is 3. The zero-order chi connectivity index (χ0) is 21.0. The van der Waals surface area contributed by atoms with Crippen LogP contribution in [0.15, 0.2) is 59.7 Å². The number of aromatic nitrogens is 3. The number of pyridine rings is 1. The highest BCUT2D eigenvalue weighted by molar-refractivity contribution is 5.95. The van der Waals surface area contributed by atoms with Crippen molar-refractivity contribution in [1.82, 2.24) is 20.1 Å². The Morgan fingerprint density at radius 2 is 1.97 bits per heavy atom. The Morgan fingerprint density at radius 1 is 1.24 bits per heavy atom. The number of hydrogen-bond donors (Lipinski definition) is 2. The van der Waals surface area contributed by atoms with Gasteiger partial charge in [-0.15, -0.1) is 0 Å². The molecule has 0 aliphatic rings. The molecule has 2 N–H and O–H groups in total. The van der Waals surface area contributed by atoms with Gasteiger partial charge in [0.1, 0.15) is 5.56 Å². The van der Waals surface area contributed by atoms with Gasteiger partial charge in [0, 0.05) is 23.4 Å². The molecule has 0 aliphatic carbocycles. The molecule has 0 aliphatic heterocycles. The average Bonchev–Trinajstić information content (AvgIpc) is 2.74. The Morgan fingerprint density at radius 3 is 2.55 bits per heavy atom. The van der Waals surface area contributed by atoms with Crippen molar-refractivity contribution in [2.75, 3.05) is 6.61 Å². The Kier molecular flexibility index (Phi) is 6.08. The van der Waals surface area contributed by atoms with Crippen LogP contribution < -0.4 is 10.9 Å². The maximum atomic E-state index is 12.9. The molecular formula is C20H18F2N4O3. The third-order valence-corrected chi connectivity index (χ3v) is 4.16. The summed E-state index contributed by atoms with van der Waals surface area (Å²) >= 11 is 0. The lowest BCUT2D eigenvalue weighted by Crippen LogP contribution is -2.39. The topological polar surface area (TPSA) is 97.1 Å². The van der Waals surface area contributed by atoms with E-state index < -0.39 is 23.9 Å². The first-order valence-corrected chi connectivity index (χ1v) is 8.75. The molecule has 1 unspecified atom stereocenters. The molecule has 1 amide bonds. The Bertz CT molecular complexity index is 1050. The number of halogens is 2. The number of alkyl halides is 2. The Balaban J connectivity index is 2.14. The first kappa shape index (κ1) is 20.3. The van der Waals surface area contributed by atoms with Crippen molar-refractivity contribution in [2.45, 2.75) is 19.4 Å². The third kappa shape index (κ3) is 4.52. The smallest absolute Gasteiger partial charge is 0.284 e. The van der Waals surface area contributed by atoms with Crippen molar-refractivity contribution < 1.29 is 18.7 Å². The van der Waals surface area contributed by atoms with E-state index in [0.717, 1.165) is 4.68 Å². The van der Waals surface area contributed by atoms with Crippen LogP contribution >= 0.6 is 0 Å². The quantitative estimate of drug-likeness (QED) is 0.662. The number of aliphatic hydroxyl groups is 1. The highest BCUT2D eigenvalue weighted by Crippen LogP contribution is 2.23. The van der Waals surface area contributed by atoms with Crippen molar-refractivity contribution in [1.29, 1.82) is 0 Å². The molecule has 0 radical (unpaired) electrons. The van der Waals surface area contributed by atoms with E-state index in [0.29, 0.717) is 11.3 Å². The summed E-state index contributed by atoms with van der Waals surface area (Å²) in [7, 11) is 0. The van der Waals surface area contributed by atoms with Crippen LogP contribution in [0.4, 0.5) is 8.78 Å². The van der Waals surface area contributed by atoms with Gasteiger partial charge in [0.25, 0.3) is 17.9 Å². The highest BCUT2D eigenvalue weighted by atomic mass is 19.3. The van der Waals surface area contributed by atoms with Crippen LogP contribution in [0.2, 0.25) is 0 Å². The SMILES string of the molecule is CC(CO)NC(=O)c1cc(-c2ccc(C(F)F)cc2)nn(-c2cccnc2)c1=O. The van der Waals surface area contributed by atoms with Crippen LogP contribution in [-0.2, 0) is 0 Å². The standard InChI is InChI=1S/C20H18F2N4O3/c1-12(11-27)24-19(28)16-9-17(13-4-6-14(7-5-13)18(21)22)25-26(20(16)29)15-3-2-8-23-10-15/h2-10,12,18,27H,11H2,1H3,(H,24,28). The largest absolute Gasteiger partial charge is 0.394 e. The molecule has 0 spiro atoms. The van der Waals surface area contributed by atoms with Crippen LogP contribution in [0.3, 0.4) is 0 Å². The molecule has 0 saturated heterocycles. The minimum absolute atomic E-state index is 0.149. The predicted octanol–water partition coefficient (Wildman–Crippen LogP) is 2.34.